The molecule has 6 rings (SSSR count). The fraction of sp³-hybridized carbons (Fsp3) is 0.387. The maximum atomic E-state index is 12.6. The number of benzene rings is 3. The number of H-pyrrole nitrogens is 1. The van der Waals surface area contributed by atoms with E-state index in [1.807, 2.05) is 12.1 Å². The monoisotopic (exact) mass is 546 g/mol. The molecule has 0 bridgehead atoms. The van der Waals surface area contributed by atoms with Crippen molar-refractivity contribution in [2.24, 2.45) is 5.73 Å². The molecular formula is C31H35ClN4O3. The van der Waals surface area contributed by atoms with Crippen LogP contribution < -0.4 is 5.73 Å². The zero-order valence-corrected chi connectivity index (χ0v) is 23.3. The van der Waals surface area contributed by atoms with E-state index >= 15 is 0 Å². The number of aromatic nitrogens is 1. The zero-order chi connectivity index (χ0) is 27.1. The van der Waals surface area contributed by atoms with Crippen molar-refractivity contribution in [3.8, 4) is 11.1 Å². The summed E-state index contributed by atoms with van der Waals surface area (Å²) < 4.78 is 11.0. The van der Waals surface area contributed by atoms with Gasteiger partial charge in [0.05, 0.1) is 37.5 Å². The van der Waals surface area contributed by atoms with Crippen LogP contribution in [0.1, 0.15) is 35.3 Å². The van der Waals surface area contributed by atoms with Crippen molar-refractivity contribution in [1.29, 1.82) is 0 Å². The number of amides is 1. The van der Waals surface area contributed by atoms with Gasteiger partial charge in [-0.05, 0) is 60.4 Å². The van der Waals surface area contributed by atoms with Gasteiger partial charge < -0.3 is 20.2 Å². The minimum Gasteiger partial charge on any atom is -0.379 e. The highest BCUT2D eigenvalue weighted by Crippen LogP contribution is 2.37. The normalized spacial score (nSPS) is 17.7. The number of hydrogen-bond donors (Lipinski definition) is 2. The van der Waals surface area contributed by atoms with Crippen LogP contribution in [0.2, 0.25) is 5.02 Å². The van der Waals surface area contributed by atoms with Gasteiger partial charge in [0.25, 0.3) is 5.91 Å². The standard InChI is InChI=1S/C31H35ClN4O3/c1-31(2,36-9-13-39-14-10-36)23-5-6-24-25-15-22(16-26(30(33)37)29(25)34-28(24)18-23)20-3-4-21(27(32)17-20)19-35-7-11-38-12-8-35/h3-6,15-18,34H,7-14,19H2,1-2H3,(H2,33,37). The molecule has 7 nitrogen and oxygen atoms in total. The van der Waals surface area contributed by atoms with Crippen molar-refractivity contribution >= 4 is 39.3 Å². The highest BCUT2D eigenvalue weighted by Gasteiger charge is 2.30. The van der Waals surface area contributed by atoms with E-state index in [0.29, 0.717) is 10.6 Å². The Hall–Kier alpha value is -2.94. The third kappa shape index (κ3) is 5.06. The second kappa shape index (κ2) is 10.6. The molecule has 0 saturated carbocycles. The summed E-state index contributed by atoms with van der Waals surface area (Å²) in [5, 5.41) is 2.75. The minimum absolute atomic E-state index is 0.146. The van der Waals surface area contributed by atoms with E-state index < -0.39 is 5.91 Å². The number of nitrogens with one attached hydrogen (secondary N) is 1. The number of nitrogens with zero attached hydrogens (tertiary/aromatic N) is 2. The van der Waals surface area contributed by atoms with Gasteiger partial charge in [0.2, 0.25) is 0 Å². The number of carbonyl (C=O) groups excluding carboxylic acids is 1. The summed E-state index contributed by atoms with van der Waals surface area (Å²) in [5.41, 5.74) is 12.1. The first-order chi connectivity index (χ1) is 18.8. The number of halogens is 1. The number of morpholine rings is 2. The van der Waals surface area contributed by atoms with Crippen LogP contribution in [-0.2, 0) is 21.6 Å². The quantitative estimate of drug-likeness (QED) is 0.350. The molecule has 2 aliphatic heterocycles. The molecule has 4 aromatic rings. The molecule has 1 aromatic heterocycles. The molecule has 2 fully saturated rings. The van der Waals surface area contributed by atoms with E-state index in [9.17, 15) is 4.79 Å². The summed E-state index contributed by atoms with van der Waals surface area (Å²) in [6, 6.07) is 16.7. The predicted molar refractivity (Wildman–Crippen MR) is 156 cm³/mol. The van der Waals surface area contributed by atoms with E-state index in [2.05, 4.69) is 65.0 Å². The lowest BCUT2D eigenvalue weighted by Crippen LogP contribution is -2.47. The third-order valence-corrected chi connectivity index (χ3v) is 8.72. The Morgan fingerprint density at radius 1 is 0.923 bits per heavy atom. The molecule has 39 heavy (non-hydrogen) atoms. The largest absolute Gasteiger partial charge is 0.379 e. The number of rotatable bonds is 6. The van der Waals surface area contributed by atoms with Crippen LogP contribution in [0, 0.1) is 0 Å². The summed E-state index contributed by atoms with van der Waals surface area (Å²) >= 11 is 6.75. The van der Waals surface area contributed by atoms with Gasteiger partial charge in [0.1, 0.15) is 0 Å². The van der Waals surface area contributed by atoms with E-state index in [-0.39, 0.29) is 5.54 Å². The van der Waals surface area contributed by atoms with Crippen LogP contribution in [0.15, 0.2) is 48.5 Å². The summed E-state index contributed by atoms with van der Waals surface area (Å²) in [6.07, 6.45) is 0. The fourth-order valence-electron chi connectivity index (χ4n) is 5.91. The molecule has 0 atom stereocenters. The highest BCUT2D eigenvalue weighted by molar-refractivity contribution is 6.31. The molecule has 2 aliphatic rings. The van der Waals surface area contributed by atoms with Crippen molar-refractivity contribution < 1.29 is 14.3 Å². The molecular weight excluding hydrogens is 512 g/mol. The smallest absolute Gasteiger partial charge is 0.250 e. The Morgan fingerprint density at radius 2 is 1.64 bits per heavy atom. The molecule has 1 amide bonds. The number of fused-ring (bicyclic) bond motifs is 3. The molecule has 0 aliphatic carbocycles. The topological polar surface area (TPSA) is 83.8 Å². The van der Waals surface area contributed by atoms with Crippen LogP contribution in [0.25, 0.3) is 32.9 Å². The van der Waals surface area contributed by atoms with Crippen molar-refractivity contribution in [2.45, 2.75) is 25.9 Å². The van der Waals surface area contributed by atoms with Crippen molar-refractivity contribution in [1.82, 2.24) is 14.8 Å². The number of carbonyl (C=O) groups is 1. The maximum Gasteiger partial charge on any atom is 0.250 e. The number of aromatic amines is 1. The number of primary amides is 1. The maximum absolute atomic E-state index is 12.6. The van der Waals surface area contributed by atoms with Gasteiger partial charge in [-0.25, -0.2) is 0 Å². The first-order valence-electron chi connectivity index (χ1n) is 13.6. The average molecular weight is 547 g/mol. The fourth-order valence-corrected chi connectivity index (χ4v) is 6.15. The van der Waals surface area contributed by atoms with Gasteiger partial charge in [-0.15, -0.1) is 0 Å². The lowest BCUT2D eigenvalue weighted by atomic mass is 9.90. The van der Waals surface area contributed by atoms with Gasteiger partial charge in [-0.3, -0.25) is 14.6 Å². The summed E-state index contributed by atoms with van der Waals surface area (Å²) in [6.45, 7) is 11.9. The Kier molecular flexibility index (Phi) is 7.12. The average Bonchev–Trinajstić information content (AvgIpc) is 3.32. The van der Waals surface area contributed by atoms with E-state index in [0.717, 1.165) is 97.6 Å². The molecule has 204 valence electrons. The molecule has 0 spiro atoms. The number of ether oxygens (including phenoxy) is 2. The van der Waals surface area contributed by atoms with Crippen LogP contribution >= 0.6 is 11.6 Å². The Balaban J connectivity index is 1.38. The molecule has 0 radical (unpaired) electrons. The second-order valence-electron chi connectivity index (χ2n) is 11.0. The molecule has 3 aromatic carbocycles. The highest BCUT2D eigenvalue weighted by atomic mass is 35.5. The van der Waals surface area contributed by atoms with Crippen LogP contribution in [0.4, 0.5) is 0 Å². The molecule has 2 saturated heterocycles. The van der Waals surface area contributed by atoms with E-state index in [1.54, 1.807) is 0 Å². The minimum atomic E-state index is -0.461. The van der Waals surface area contributed by atoms with Crippen LogP contribution in [0.5, 0.6) is 0 Å². The van der Waals surface area contributed by atoms with Gasteiger partial charge in [-0.1, -0.05) is 35.9 Å². The lowest BCUT2D eigenvalue weighted by molar-refractivity contribution is -0.0117. The summed E-state index contributed by atoms with van der Waals surface area (Å²) in [7, 11) is 0. The number of nitrogens with two attached hydrogens (primary N) is 1. The Labute approximate surface area is 233 Å². The van der Waals surface area contributed by atoms with Gasteiger partial charge >= 0.3 is 0 Å². The Morgan fingerprint density at radius 3 is 2.33 bits per heavy atom. The Bertz CT molecular complexity index is 1530. The zero-order valence-electron chi connectivity index (χ0n) is 22.6. The van der Waals surface area contributed by atoms with Crippen molar-refractivity contribution in [2.75, 3.05) is 52.6 Å². The van der Waals surface area contributed by atoms with Gasteiger partial charge in [0.15, 0.2) is 0 Å². The number of hydrogen-bond acceptors (Lipinski definition) is 5. The summed E-state index contributed by atoms with van der Waals surface area (Å²) in [4.78, 5) is 20.9. The SMILES string of the molecule is CC(C)(c1ccc2c(c1)[nH]c1c(C(N)=O)cc(-c3ccc(CN4CCOCC4)c(Cl)c3)cc12)N1CCOCC1. The third-order valence-electron chi connectivity index (χ3n) is 8.37. The molecule has 3 heterocycles. The summed E-state index contributed by atoms with van der Waals surface area (Å²) in [5.74, 6) is -0.461. The predicted octanol–water partition coefficient (Wildman–Crippen LogP) is 5.14. The first kappa shape index (κ1) is 26.3. The van der Waals surface area contributed by atoms with Crippen molar-refractivity contribution in [3.05, 3.63) is 70.2 Å². The van der Waals surface area contributed by atoms with Gasteiger partial charge in [0, 0.05) is 59.6 Å². The van der Waals surface area contributed by atoms with E-state index in [1.165, 1.54) is 5.56 Å². The van der Waals surface area contributed by atoms with Gasteiger partial charge in [-0.2, -0.15) is 0 Å². The van der Waals surface area contributed by atoms with Crippen LogP contribution in [-0.4, -0.2) is 73.3 Å². The van der Waals surface area contributed by atoms with Crippen molar-refractivity contribution in [3.63, 3.8) is 0 Å². The molecule has 8 heteroatoms. The molecule has 3 N–H and O–H groups in total. The van der Waals surface area contributed by atoms with E-state index in [4.69, 9.17) is 26.8 Å². The second-order valence-corrected chi connectivity index (χ2v) is 11.5. The molecule has 0 unspecified atom stereocenters. The lowest BCUT2D eigenvalue weighted by Gasteiger charge is -2.41. The van der Waals surface area contributed by atoms with Crippen LogP contribution in [0.3, 0.4) is 0 Å². The first-order valence-corrected chi connectivity index (χ1v) is 14.0.